The number of rotatable bonds is 7. The number of hydrogen-bond donors (Lipinski definition) is 4. The lowest BCUT2D eigenvalue weighted by molar-refractivity contribution is 0.0824. The highest BCUT2D eigenvalue weighted by molar-refractivity contribution is 5.98. The largest absolute Gasteiger partial charge is 0.505 e. The second-order valence-corrected chi connectivity index (χ2v) is 6.74. The summed E-state index contributed by atoms with van der Waals surface area (Å²) in [5.74, 6) is -0.677. The lowest BCUT2D eigenvalue weighted by Gasteiger charge is -2.20. The third-order valence-electron chi connectivity index (χ3n) is 4.53. The van der Waals surface area contributed by atoms with Crippen molar-refractivity contribution in [3.05, 3.63) is 44.5 Å². The van der Waals surface area contributed by atoms with Crippen molar-refractivity contribution in [3.8, 4) is 5.75 Å². The van der Waals surface area contributed by atoms with Gasteiger partial charge in [-0.15, -0.1) is 0 Å². The summed E-state index contributed by atoms with van der Waals surface area (Å²) in [7, 11) is 4.61. The van der Waals surface area contributed by atoms with Crippen LogP contribution in [0.3, 0.4) is 0 Å². The first-order valence-corrected chi connectivity index (χ1v) is 9.11. The van der Waals surface area contributed by atoms with Crippen LogP contribution in [0.2, 0.25) is 0 Å². The number of anilines is 3. The number of aromatic nitrogens is 2. The van der Waals surface area contributed by atoms with Gasteiger partial charge in [0.25, 0.3) is 17.0 Å². The van der Waals surface area contributed by atoms with E-state index in [2.05, 4.69) is 15.7 Å². The number of nitrogens with zero attached hydrogens (tertiary/aromatic N) is 2. The molecule has 0 atom stereocenters. The zero-order chi connectivity index (χ0) is 21.0. The van der Waals surface area contributed by atoms with Crippen LogP contribution in [0.4, 0.5) is 17.1 Å². The van der Waals surface area contributed by atoms with Crippen molar-refractivity contribution in [2.75, 3.05) is 24.7 Å². The van der Waals surface area contributed by atoms with E-state index in [0.29, 0.717) is 0 Å². The second-order valence-electron chi connectivity index (χ2n) is 6.74. The Bertz CT molecular complexity index is 973. The number of aromatic amines is 1. The molecule has 2 rings (SSSR count). The summed E-state index contributed by atoms with van der Waals surface area (Å²) in [6, 6.07) is 4.60. The third kappa shape index (κ3) is 4.19. The molecule has 0 saturated carbocycles. The Morgan fingerprint density at radius 3 is 2.43 bits per heavy atom. The highest BCUT2D eigenvalue weighted by atomic mass is 16.3. The molecule has 0 aliphatic heterocycles. The quantitative estimate of drug-likeness (QED) is 0.536. The van der Waals surface area contributed by atoms with E-state index < -0.39 is 11.1 Å². The van der Waals surface area contributed by atoms with Gasteiger partial charge in [0, 0.05) is 27.2 Å². The van der Waals surface area contributed by atoms with Gasteiger partial charge in [-0.25, -0.2) is 0 Å². The molecule has 1 amide bonds. The average molecular weight is 389 g/mol. The molecule has 0 aliphatic rings. The van der Waals surface area contributed by atoms with Gasteiger partial charge in [-0.2, -0.15) is 0 Å². The number of para-hydroxylation sites is 1. The number of H-pyrrole nitrogens is 1. The number of nitrogens with one attached hydrogen (secondary N) is 3. The van der Waals surface area contributed by atoms with Crippen LogP contribution in [0.15, 0.2) is 27.8 Å². The molecule has 0 radical (unpaired) electrons. The Labute approximate surface area is 163 Å². The Hall–Kier alpha value is -3.23. The van der Waals surface area contributed by atoms with E-state index in [1.54, 1.807) is 20.2 Å². The van der Waals surface area contributed by atoms with E-state index >= 15 is 0 Å². The van der Waals surface area contributed by atoms with Gasteiger partial charge in [0.15, 0.2) is 5.75 Å². The standard InChI is InChI=1S/C19H27N5O4/c1-6-11(7-2)20-15-14(17(26)22-24(5)19(15)28)21-13-10-8-9-12(16(13)25)18(27)23(3)4/h8-11,20-21,25H,6-7H2,1-5H3,(H,22,26). The monoisotopic (exact) mass is 389 g/mol. The summed E-state index contributed by atoms with van der Waals surface area (Å²) in [5.41, 5.74) is -0.597. The molecule has 9 nitrogen and oxygen atoms in total. The number of phenols is 1. The molecule has 2 aromatic rings. The summed E-state index contributed by atoms with van der Waals surface area (Å²) >= 11 is 0. The number of benzene rings is 1. The molecular formula is C19H27N5O4. The number of phenolic OH excluding ortho intramolecular Hbond substituents is 1. The van der Waals surface area contributed by atoms with Crippen molar-refractivity contribution in [1.82, 2.24) is 14.7 Å². The lowest BCUT2D eigenvalue weighted by atomic mass is 10.1. The highest BCUT2D eigenvalue weighted by Crippen LogP contribution is 2.31. The lowest BCUT2D eigenvalue weighted by Crippen LogP contribution is -2.34. The molecule has 1 heterocycles. The summed E-state index contributed by atoms with van der Waals surface area (Å²) < 4.78 is 1.10. The number of hydrogen-bond acceptors (Lipinski definition) is 6. The SMILES string of the molecule is CCC(CC)Nc1c(Nc2cccc(C(=O)N(C)C)c2O)c(=O)[nH]n(C)c1=O. The summed E-state index contributed by atoms with van der Waals surface area (Å²) in [6.07, 6.45) is 1.54. The fourth-order valence-corrected chi connectivity index (χ4v) is 2.79. The molecule has 0 aliphatic carbocycles. The fraction of sp³-hybridized carbons (Fsp3) is 0.421. The fourth-order valence-electron chi connectivity index (χ4n) is 2.79. The zero-order valence-electron chi connectivity index (χ0n) is 16.8. The molecular weight excluding hydrogens is 362 g/mol. The van der Waals surface area contributed by atoms with Gasteiger partial charge < -0.3 is 20.6 Å². The Morgan fingerprint density at radius 2 is 1.86 bits per heavy atom. The molecule has 0 bridgehead atoms. The topological polar surface area (TPSA) is 119 Å². The minimum atomic E-state index is -0.528. The van der Waals surface area contributed by atoms with E-state index in [1.807, 2.05) is 13.8 Å². The number of amides is 1. The van der Waals surface area contributed by atoms with Crippen molar-refractivity contribution in [2.24, 2.45) is 7.05 Å². The molecule has 0 spiro atoms. The van der Waals surface area contributed by atoms with Gasteiger partial charge in [-0.1, -0.05) is 19.9 Å². The molecule has 9 heteroatoms. The van der Waals surface area contributed by atoms with Crippen molar-refractivity contribution in [1.29, 1.82) is 0 Å². The van der Waals surface area contributed by atoms with Crippen LogP contribution < -0.4 is 21.8 Å². The Kier molecular flexibility index (Phi) is 6.50. The molecule has 1 aromatic carbocycles. The van der Waals surface area contributed by atoms with Gasteiger partial charge in [0.05, 0.1) is 11.3 Å². The van der Waals surface area contributed by atoms with Crippen molar-refractivity contribution >= 4 is 23.0 Å². The summed E-state index contributed by atoms with van der Waals surface area (Å²) in [5, 5.41) is 18.9. The maximum atomic E-state index is 12.6. The van der Waals surface area contributed by atoms with E-state index in [9.17, 15) is 19.5 Å². The predicted molar refractivity (Wildman–Crippen MR) is 110 cm³/mol. The molecule has 28 heavy (non-hydrogen) atoms. The minimum Gasteiger partial charge on any atom is -0.505 e. The van der Waals surface area contributed by atoms with Crippen LogP contribution in [0.1, 0.15) is 37.0 Å². The molecule has 0 unspecified atom stereocenters. The van der Waals surface area contributed by atoms with Crippen LogP contribution in [0.25, 0.3) is 0 Å². The maximum absolute atomic E-state index is 12.6. The number of carbonyl (C=O) groups excluding carboxylic acids is 1. The number of aryl methyl sites for hydroxylation is 1. The van der Waals surface area contributed by atoms with Crippen molar-refractivity contribution in [2.45, 2.75) is 32.7 Å². The van der Waals surface area contributed by atoms with Crippen LogP contribution in [-0.2, 0) is 7.05 Å². The molecule has 0 fully saturated rings. The van der Waals surface area contributed by atoms with E-state index in [4.69, 9.17) is 0 Å². The first-order valence-electron chi connectivity index (χ1n) is 9.11. The van der Waals surface area contributed by atoms with Crippen molar-refractivity contribution in [3.63, 3.8) is 0 Å². The highest BCUT2D eigenvalue weighted by Gasteiger charge is 2.20. The second kappa shape index (κ2) is 8.64. The Balaban J connectivity index is 2.57. The van der Waals surface area contributed by atoms with Gasteiger partial charge in [0.1, 0.15) is 11.4 Å². The van der Waals surface area contributed by atoms with Gasteiger partial charge in [-0.3, -0.25) is 24.2 Å². The van der Waals surface area contributed by atoms with Crippen LogP contribution in [-0.4, -0.2) is 45.8 Å². The van der Waals surface area contributed by atoms with Gasteiger partial charge in [-0.05, 0) is 25.0 Å². The Morgan fingerprint density at radius 1 is 1.21 bits per heavy atom. The molecule has 0 saturated heterocycles. The van der Waals surface area contributed by atoms with Crippen LogP contribution in [0.5, 0.6) is 5.75 Å². The van der Waals surface area contributed by atoms with Crippen molar-refractivity contribution < 1.29 is 9.90 Å². The third-order valence-corrected chi connectivity index (χ3v) is 4.53. The predicted octanol–water partition coefficient (Wildman–Crippen LogP) is 1.83. The van der Waals surface area contributed by atoms with E-state index in [-0.39, 0.29) is 40.3 Å². The average Bonchev–Trinajstić information content (AvgIpc) is 2.66. The first kappa shape index (κ1) is 21.1. The number of carbonyl (C=O) groups is 1. The zero-order valence-corrected chi connectivity index (χ0v) is 16.8. The van der Waals surface area contributed by atoms with Crippen LogP contribution >= 0.6 is 0 Å². The maximum Gasteiger partial charge on any atom is 0.290 e. The summed E-state index contributed by atoms with van der Waals surface area (Å²) in [4.78, 5) is 38.7. The molecule has 152 valence electrons. The van der Waals surface area contributed by atoms with Gasteiger partial charge >= 0.3 is 0 Å². The van der Waals surface area contributed by atoms with Gasteiger partial charge in [0.2, 0.25) is 0 Å². The van der Waals surface area contributed by atoms with E-state index in [0.717, 1.165) is 17.5 Å². The first-order chi connectivity index (χ1) is 13.2. The van der Waals surface area contributed by atoms with Crippen LogP contribution in [0, 0.1) is 0 Å². The smallest absolute Gasteiger partial charge is 0.290 e. The normalized spacial score (nSPS) is 10.8. The minimum absolute atomic E-state index is 0.00491. The van der Waals surface area contributed by atoms with E-state index in [1.165, 1.54) is 24.1 Å². The number of aromatic hydroxyl groups is 1. The summed E-state index contributed by atoms with van der Waals surface area (Å²) in [6.45, 7) is 3.96. The molecule has 1 aromatic heterocycles. The molecule has 4 N–H and O–H groups in total.